The summed E-state index contributed by atoms with van der Waals surface area (Å²) >= 11 is 5.04. The largest absolute Gasteiger partial charge is 0.297 e. The summed E-state index contributed by atoms with van der Waals surface area (Å²) in [7, 11) is 0. The molecule has 2 rings (SSSR count). The summed E-state index contributed by atoms with van der Waals surface area (Å²) in [6.07, 6.45) is 3.10. The van der Waals surface area contributed by atoms with Crippen LogP contribution in [0.4, 0.5) is 0 Å². The number of thiophene rings is 1. The third-order valence-corrected chi connectivity index (χ3v) is 5.40. The smallest absolute Gasteiger partial charge is 0.159 e. The molecule has 0 spiro atoms. The molecule has 0 aromatic carbocycles. The van der Waals surface area contributed by atoms with Crippen molar-refractivity contribution in [3.8, 4) is 6.07 Å². The van der Waals surface area contributed by atoms with Crippen LogP contribution in [0.15, 0.2) is 15.9 Å². The van der Waals surface area contributed by atoms with Crippen molar-refractivity contribution < 1.29 is 4.79 Å². The molecule has 96 valence electrons. The van der Waals surface area contributed by atoms with Gasteiger partial charge < -0.3 is 0 Å². The van der Waals surface area contributed by atoms with Crippen molar-refractivity contribution in [3.63, 3.8) is 0 Å². The first-order valence-electron chi connectivity index (χ1n) is 6.10. The van der Waals surface area contributed by atoms with E-state index < -0.39 is 5.41 Å². The third-order valence-electron chi connectivity index (χ3n) is 3.77. The summed E-state index contributed by atoms with van der Waals surface area (Å²) in [6.45, 7) is 3.93. The Labute approximate surface area is 120 Å². The lowest BCUT2D eigenvalue weighted by Gasteiger charge is -2.38. The Bertz CT molecular complexity index is 514. The van der Waals surface area contributed by atoms with Gasteiger partial charge in [-0.2, -0.15) is 5.26 Å². The van der Waals surface area contributed by atoms with E-state index in [-0.39, 0.29) is 11.2 Å². The molecule has 1 atom stereocenters. The molecular weight excluding hydrogens is 310 g/mol. The third kappa shape index (κ3) is 2.39. The van der Waals surface area contributed by atoms with Crippen molar-refractivity contribution in [1.29, 1.82) is 5.26 Å². The van der Waals surface area contributed by atoms with Crippen LogP contribution in [0, 0.1) is 22.2 Å². The fraction of sp³-hybridized carbons (Fsp3) is 0.571. The number of carbonyl (C=O) groups excluding carboxylic acids is 1. The number of Topliss-reactive ketones (excluding diaryl/α,β-unsaturated/α-hetero) is 1. The van der Waals surface area contributed by atoms with Gasteiger partial charge in [0.1, 0.15) is 5.41 Å². The fourth-order valence-electron chi connectivity index (χ4n) is 2.77. The van der Waals surface area contributed by atoms with Crippen LogP contribution in [0.25, 0.3) is 0 Å². The number of carbonyl (C=O) groups is 1. The van der Waals surface area contributed by atoms with E-state index in [1.807, 2.05) is 26.0 Å². The van der Waals surface area contributed by atoms with Crippen molar-refractivity contribution in [1.82, 2.24) is 0 Å². The van der Waals surface area contributed by atoms with E-state index in [1.165, 1.54) is 0 Å². The lowest BCUT2D eigenvalue weighted by Crippen LogP contribution is -2.44. The highest BCUT2D eigenvalue weighted by atomic mass is 79.9. The van der Waals surface area contributed by atoms with Crippen LogP contribution < -0.4 is 0 Å². The van der Waals surface area contributed by atoms with Crippen molar-refractivity contribution in [2.24, 2.45) is 10.8 Å². The molecule has 1 fully saturated rings. The van der Waals surface area contributed by atoms with E-state index >= 15 is 0 Å². The topological polar surface area (TPSA) is 40.9 Å². The number of nitrogens with zero attached hydrogens (tertiary/aromatic N) is 1. The predicted octanol–water partition coefficient (Wildman–Crippen LogP) is 4.34. The number of nitriles is 1. The fourth-order valence-corrected chi connectivity index (χ4v) is 4.36. The molecule has 0 bridgehead atoms. The van der Waals surface area contributed by atoms with Crippen LogP contribution in [-0.4, -0.2) is 5.78 Å². The monoisotopic (exact) mass is 325 g/mol. The van der Waals surface area contributed by atoms with Crippen molar-refractivity contribution in [3.05, 3.63) is 20.8 Å². The molecule has 1 aromatic rings. The molecule has 1 unspecified atom stereocenters. The molecule has 1 heterocycles. The lowest BCUT2D eigenvalue weighted by atomic mass is 9.61. The number of rotatable bonds is 2. The second-order valence-corrected chi connectivity index (χ2v) is 8.19. The molecular formula is C14H16BrNOS. The van der Waals surface area contributed by atoms with Gasteiger partial charge in [-0.25, -0.2) is 0 Å². The van der Waals surface area contributed by atoms with Gasteiger partial charge in [0, 0.05) is 16.7 Å². The maximum Gasteiger partial charge on any atom is 0.159 e. The molecule has 0 radical (unpaired) electrons. The van der Waals surface area contributed by atoms with Gasteiger partial charge >= 0.3 is 0 Å². The molecule has 2 nitrogen and oxygen atoms in total. The molecule has 18 heavy (non-hydrogen) atoms. The number of halogens is 1. The van der Waals surface area contributed by atoms with Crippen molar-refractivity contribution in [2.45, 2.75) is 39.5 Å². The van der Waals surface area contributed by atoms with Crippen LogP contribution in [-0.2, 0) is 11.2 Å². The van der Waals surface area contributed by atoms with E-state index in [9.17, 15) is 10.1 Å². The van der Waals surface area contributed by atoms with Gasteiger partial charge in [-0.05, 0) is 40.9 Å². The summed E-state index contributed by atoms with van der Waals surface area (Å²) in [5.41, 5.74) is -1.17. The summed E-state index contributed by atoms with van der Waals surface area (Å²) in [5.74, 6) is 0.119. The van der Waals surface area contributed by atoms with Crippen LogP contribution in [0.3, 0.4) is 0 Å². The van der Waals surface area contributed by atoms with Crippen molar-refractivity contribution in [2.75, 3.05) is 0 Å². The van der Waals surface area contributed by atoms with Gasteiger partial charge in [0.05, 0.1) is 9.86 Å². The Morgan fingerprint density at radius 2 is 2.17 bits per heavy atom. The van der Waals surface area contributed by atoms with Gasteiger partial charge in [0.15, 0.2) is 5.78 Å². The molecule has 1 saturated carbocycles. The molecule has 1 aliphatic rings. The van der Waals surface area contributed by atoms with Crippen LogP contribution in [0.5, 0.6) is 0 Å². The molecule has 0 amide bonds. The summed E-state index contributed by atoms with van der Waals surface area (Å²) in [4.78, 5) is 13.7. The minimum absolute atomic E-state index is 0.119. The normalized spacial score (nSPS) is 26.9. The lowest BCUT2D eigenvalue weighted by molar-refractivity contribution is -0.138. The quantitative estimate of drug-likeness (QED) is 0.811. The zero-order valence-corrected chi connectivity index (χ0v) is 13.0. The standard InChI is InChI=1S/C14H16BrNOS/c1-13(2)6-3-7-14(9-16,12(13)17)8-10-4-5-11(15)18-10/h4-5H,3,6-8H2,1-2H3. The van der Waals surface area contributed by atoms with Crippen LogP contribution >= 0.6 is 27.3 Å². The van der Waals surface area contributed by atoms with Gasteiger partial charge in [0.2, 0.25) is 0 Å². The molecule has 0 N–H and O–H groups in total. The molecule has 1 aliphatic carbocycles. The number of hydrogen-bond donors (Lipinski definition) is 0. The average Bonchev–Trinajstić information content (AvgIpc) is 2.71. The Kier molecular flexibility index (Phi) is 3.66. The maximum atomic E-state index is 12.6. The zero-order chi connectivity index (χ0) is 13.4. The van der Waals surface area contributed by atoms with E-state index in [0.29, 0.717) is 12.8 Å². The SMILES string of the molecule is CC1(C)CCCC(C#N)(Cc2ccc(Br)s2)C1=O. The minimum atomic E-state index is -0.813. The van der Waals surface area contributed by atoms with Gasteiger partial charge in [-0.15, -0.1) is 11.3 Å². The van der Waals surface area contributed by atoms with E-state index in [0.717, 1.165) is 21.5 Å². The molecule has 1 aromatic heterocycles. The Morgan fingerprint density at radius 3 is 2.72 bits per heavy atom. The number of hydrogen-bond acceptors (Lipinski definition) is 3. The van der Waals surface area contributed by atoms with Gasteiger partial charge in [-0.3, -0.25) is 4.79 Å². The van der Waals surface area contributed by atoms with Crippen LogP contribution in [0.2, 0.25) is 0 Å². The first kappa shape index (κ1) is 13.8. The van der Waals surface area contributed by atoms with Crippen LogP contribution in [0.1, 0.15) is 38.0 Å². The van der Waals surface area contributed by atoms with E-state index in [1.54, 1.807) is 11.3 Å². The van der Waals surface area contributed by atoms with Gasteiger partial charge in [0.25, 0.3) is 0 Å². The Balaban J connectivity index is 2.31. The number of ketones is 1. The second kappa shape index (κ2) is 4.79. The summed E-state index contributed by atoms with van der Waals surface area (Å²) in [5, 5.41) is 9.53. The Morgan fingerprint density at radius 1 is 1.44 bits per heavy atom. The molecule has 4 heteroatoms. The second-order valence-electron chi connectivity index (χ2n) is 5.64. The molecule has 0 aliphatic heterocycles. The summed E-state index contributed by atoms with van der Waals surface area (Å²) < 4.78 is 1.05. The zero-order valence-electron chi connectivity index (χ0n) is 10.6. The predicted molar refractivity (Wildman–Crippen MR) is 76.4 cm³/mol. The minimum Gasteiger partial charge on any atom is -0.297 e. The van der Waals surface area contributed by atoms with E-state index in [4.69, 9.17) is 0 Å². The Hall–Kier alpha value is -0.660. The van der Waals surface area contributed by atoms with E-state index in [2.05, 4.69) is 22.0 Å². The first-order valence-corrected chi connectivity index (χ1v) is 7.71. The highest BCUT2D eigenvalue weighted by Gasteiger charge is 2.49. The maximum absolute atomic E-state index is 12.6. The van der Waals surface area contributed by atoms with Gasteiger partial charge in [-0.1, -0.05) is 20.3 Å². The first-order chi connectivity index (χ1) is 8.39. The summed E-state index contributed by atoms with van der Waals surface area (Å²) in [6, 6.07) is 6.30. The van der Waals surface area contributed by atoms with Crippen molar-refractivity contribution >= 4 is 33.0 Å². The highest BCUT2D eigenvalue weighted by molar-refractivity contribution is 9.11. The highest BCUT2D eigenvalue weighted by Crippen LogP contribution is 2.45. The average molecular weight is 326 g/mol. The molecule has 0 saturated heterocycles.